The first-order valence-corrected chi connectivity index (χ1v) is 3.70. The Kier molecular flexibility index (Phi) is 5.58. The van der Waals surface area contributed by atoms with Crippen molar-refractivity contribution in [3.63, 3.8) is 0 Å². The summed E-state index contributed by atoms with van der Waals surface area (Å²) in [6.45, 7) is 1.56. The van der Waals surface area contributed by atoms with Crippen LogP contribution in [-0.2, 0) is 12.6 Å². The fraction of sp³-hybridized carbons (Fsp3) is 0.111. The van der Waals surface area contributed by atoms with E-state index in [4.69, 9.17) is 5.26 Å². The van der Waals surface area contributed by atoms with Crippen LogP contribution in [0.2, 0.25) is 0 Å². The summed E-state index contributed by atoms with van der Waals surface area (Å²) in [6, 6.07) is 9.23. The summed E-state index contributed by atoms with van der Waals surface area (Å²) in [5, 5.41) is 8.47. The van der Waals surface area contributed by atoms with Crippen molar-refractivity contribution in [1.82, 2.24) is 0 Å². The van der Waals surface area contributed by atoms with Gasteiger partial charge < -0.3 is 12.6 Å². The first-order valence-electron chi connectivity index (χ1n) is 3.29. The number of nitriles is 1. The summed E-state index contributed by atoms with van der Waals surface area (Å²) in [5.41, 5.74) is 0.775. The minimum atomic E-state index is 0.121. The molecular formula is C9H8NOS-. The van der Waals surface area contributed by atoms with E-state index in [9.17, 15) is 4.79 Å². The molecule has 62 valence electrons. The van der Waals surface area contributed by atoms with E-state index in [0.717, 1.165) is 5.56 Å². The molecule has 0 N–H and O–H groups in total. The molecule has 0 aromatic heterocycles. The van der Waals surface area contributed by atoms with Gasteiger partial charge in [-0.15, -0.1) is 0 Å². The van der Waals surface area contributed by atoms with Crippen molar-refractivity contribution in [3.8, 4) is 5.40 Å². The Balaban J connectivity index is 0.000000354. The smallest absolute Gasteiger partial charge is 0.159 e. The standard InChI is InChI=1S/C8H8O.CHNS/c1-7(9)8-5-3-2-4-6-8;2-1-3/h2-6H,1H3;3H/p-1. The number of carbonyl (C=O) groups is 1. The van der Waals surface area contributed by atoms with Crippen LogP contribution in [-0.4, -0.2) is 5.78 Å². The molecule has 0 aliphatic rings. The monoisotopic (exact) mass is 178 g/mol. The van der Waals surface area contributed by atoms with E-state index >= 15 is 0 Å². The van der Waals surface area contributed by atoms with Crippen LogP contribution in [0.4, 0.5) is 0 Å². The van der Waals surface area contributed by atoms with Gasteiger partial charge >= 0.3 is 0 Å². The molecule has 2 nitrogen and oxygen atoms in total. The molecule has 12 heavy (non-hydrogen) atoms. The van der Waals surface area contributed by atoms with Crippen LogP contribution in [0.1, 0.15) is 17.3 Å². The lowest BCUT2D eigenvalue weighted by Gasteiger charge is -1.89. The Morgan fingerprint density at radius 2 is 1.83 bits per heavy atom. The van der Waals surface area contributed by atoms with E-state index in [1.807, 2.05) is 30.3 Å². The van der Waals surface area contributed by atoms with Crippen molar-refractivity contribution in [2.75, 3.05) is 0 Å². The maximum Gasteiger partial charge on any atom is 0.159 e. The predicted octanol–water partition coefficient (Wildman–Crippen LogP) is 1.90. The Hall–Kier alpha value is -1.40. The molecule has 0 saturated carbocycles. The highest BCUT2D eigenvalue weighted by atomic mass is 32.1. The molecule has 0 radical (unpaired) electrons. The molecule has 0 aliphatic carbocycles. The number of hydrogen-bond donors (Lipinski definition) is 0. The average Bonchev–Trinajstić information content (AvgIpc) is 2.07. The second-order valence-corrected chi connectivity index (χ2v) is 2.20. The predicted molar refractivity (Wildman–Crippen MR) is 49.4 cm³/mol. The topological polar surface area (TPSA) is 40.9 Å². The van der Waals surface area contributed by atoms with E-state index in [0.29, 0.717) is 0 Å². The minimum Gasteiger partial charge on any atom is -0.696 e. The lowest BCUT2D eigenvalue weighted by Crippen LogP contribution is -1.88. The number of ketones is 1. The number of hydrogen-bond acceptors (Lipinski definition) is 3. The summed E-state index contributed by atoms with van der Waals surface area (Å²) in [6.07, 6.45) is 0. The third-order valence-electron chi connectivity index (χ3n) is 1.18. The fourth-order valence-electron chi connectivity index (χ4n) is 0.673. The Morgan fingerprint density at radius 3 is 2.08 bits per heavy atom. The first kappa shape index (κ1) is 10.6. The lowest BCUT2D eigenvalue weighted by atomic mass is 10.2. The Labute approximate surface area is 77.2 Å². The van der Waals surface area contributed by atoms with E-state index in [1.54, 1.807) is 6.92 Å². The third kappa shape index (κ3) is 4.42. The molecule has 0 amide bonds. The highest BCUT2D eigenvalue weighted by Gasteiger charge is 1.92. The van der Waals surface area contributed by atoms with Crippen molar-refractivity contribution in [3.05, 3.63) is 35.9 Å². The third-order valence-corrected chi connectivity index (χ3v) is 1.18. The van der Waals surface area contributed by atoms with Crippen LogP contribution >= 0.6 is 0 Å². The van der Waals surface area contributed by atoms with Crippen molar-refractivity contribution in [2.45, 2.75) is 6.92 Å². The van der Waals surface area contributed by atoms with Gasteiger partial charge in [0.1, 0.15) is 0 Å². The van der Waals surface area contributed by atoms with E-state index in [1.165, 1.54) is 5.40 Å². The molecule has 0 saturated heterocycles. The molecule has 0 aliphatic heterocycles. The number of rotatable bonds is 1. The largest absolute Gasteiger partial charge is 0.696 e. The summed E-state index contributed by atoms with van der Waals surface area (Å²) in [5.74, 6) is 0.121. The molecule has 3 heteroatoms. The van der Waals surface area contributed by atoms with E-state index in [2.05, 4.69) is 12.6 Å². The maximum atomic E-state index is 10.6. The summed E-state index contributed by atoms with van der Waals surface area (Å²) >= 11 is 3.70. The molecule has 1 aromatic rings. The van der Waals surface area contributed by atoms with E-state index in [-0.39, 0.29) is 5.78 Å². The summed E-state index contributed by atoms with van der Waals surface area (Å²) < 4.78 is 0. The first-order chi connectivity index (χ1) is 5.72. The van der Waals surface area contributed by atoms with Gasteiger partial charge in [0.05, 0.1) is 0 Å². The van der Waals surface area contributed by atoms with Crippen molar-refractivity contribution < 1.29 is 4.79 Å². The summed E-state index contributed by atoms with van der Waals surface area (Å²) in [4.78, 5) is 10.6. The molecule has 0 bridgehead atoms. The number of carbonyl (C=O) groups excluding carboxylic acids is 1. The van der Waals surface area contributed by atoms with Gasteiger partial charge in [-0.05, 0) is 6.92 Å². The van der Waals surface area contributed by atoms with Gasteiger partial charge in [0.15, 0.2) is 5.78 Å². The molecule has 0 fully saturated rings. The fourth-order valence-corrected chi connectivity index (χ4v) is 0.673. The zero-order valence-electron chi connectivity index (χ0n) is 6.65. The second-order valence-electron chi connectivity index (χ2n) is 2.01. The van der Waals surface area contributed by atoms with Gasteiger partial charge in [-0.3, -0.25) is 4.79 Å². The van der Waals surface area contributed by atoms with Crippen LogP contribution in [0.5, 0.6) is 0 Å². The van der Waals surface area contributed by atoms with Crippen LogP contribution in [0, 0.1) is 10.7 Å². The number of benzene rings is 1. The zero-order chi connectivity index (χ0) is 9.40. The zero-order valence-corrected chi connectivity index (χ0v) is 7.47. The van der Waals surface area contributed by atoms with Gasteiger partial charge in [0.25, 0.3) is 0 Å². The van der Waals surface area contributed by atoms with Crippen LogP contribution in [0.15, 0.2) is 30.3 Å². The van der Waals surface area contributed by atoms with Crippen LogP contribution < -0.4 is 0 Å². The van der Waals surface area contributed by atoms with Crippen molar-refractivity contribution >= 4 is 18.4 Å². The van der Waals surface area contributed by atoms with Crippen LogP contribution in [0.3, 0.4) is 0 Å². The SMILES string of the molecule is CC(=O)c1ccccc1.N#C[S-]. The van der Waals surface area contributed by atoms with Crippen LogP contribution in [0.25, 0.3) is 0 Å². The van der Waals surface area contributed by atoms with Crippen molar-refractivity contribution in [2.24, 2.45) is 0 Å². The number of Topliss-reactive ketones (excluding diaryl/α,β-unsaturated/α-hetero) is 1. The molecule has 0 spiro atoms. The van der Waals surface area contributed by atoms with Gasteiger partial charge in [-0.25, -0.2) is 5.26 Å². The summed E-state index contributed by atoms with van der Waals surface area (Å²) in [7, 11) is 0. The molecule has 1 aromatic carbocycles. The van der Waals surface area contributed by atoms with Gasteiger partial charge in [0.2, 0.25) is 0 Å². The molecule has 0 unspecified atom stereocenters. The quantitative estimate of drug-likeness (QED) is 0.374. The van der Waals surface area contributed by atoms with Gasteiger partial charge in [-0.2, -0.15) is 0 Å². The Bertz CT molecular complexity index is 276. The highest BCUT2D eigenvalue weighted by molar-refractivity contribution is 7.64. The lowest BCUT2D eigenvalue weighted by molar-refractivity contribution is 0.101. The molecule has 0 heterocycles. The minimum absolute atomic E-state index is 0.121. The molecule has 0 atom stereocenters. The average molecular weight is 178 g/mol. The molecular weight excluding hydrogens is 170 g/mol. The van der Waals surface area contributed by atoms with E-state index < -0.39 is 0 Å². The molecule has 1 rings (SSSR count). The number of nitrogens with zero attached hydrogens (tertiary/aromatic N) is 1. The normalized spacial score (nSPS) is 7.33. The van der Waals surface area contributed by atoms with Gasteiger partial charge in [-0.1, -0.05) is 35.7 Å². The Morgan fingerprint density at radius 1 is 1.42 bits per heavy atom. The maximum absolute atomic E-state index is 10.6. The van der Waals surface area contributed by atoms with Crippen molar-refractivity contribution in [1.29, 1.82) is 5.26 Å². The number of thiocyanates is 1. The van der Waals surface area contributed by atoms with Gasteiger partial charge in [0, 0.05) is 5.56 Å². The second kappa shape index (κ2) is 6.32. The highest BCUT2D eigenvalue weighted by Crippen LogP contribution is 1.97.